The van der Waals surface area contributed by atoms with Gasteiger partial charge in [0.1, 0.15) is 17.6 Å². The Kier molecular flexibility index (Phi) is 4.33. The molecule has 0 amide bonds. The van der Waals surface area contributed by atoms with Crippen LogP contribution in [0.4, 0.5) is 0 Å². The molecule has 1 saturated heterocycles. The highest BCUT2D eigenvalue weighted by Crippen LogP contribution is 2.36. The first-order valence-corrected chi connectivity index (χ1v) is 7.63. The molecule has 2 aliphatic heterocycles. The van der Waals surface area contributed by atoms with Crippen molar-refractivity contribution in [2.45, 2.75) is 32.1 Å². The molecule has 5 nitrogen and oxygen atoms in total. The van der Waals surface area contributed by atoms with Gasteiger partial charge in [0.15, 0.2) is 0 Å². The van der Waals surface area contributed by atoms with E-state index in [4.69, 9.17) is 9.47 Å². The van der Waals surface area contributed by atoms with Crippen LogP contribution in [0.5, 0.6) is 11.5 Å². The topological polar surface area (TPSA) is 62.8 Å². The number of hydrogen-bond acceptors (Lipinski definition) is 5. The number of β-amino-alcohol motifs (C(OH)–C–C–N with tert-alkyl or cyclic N) is 1. The molecule has 1 fully saturated rings. The Labute approximate surface area is 125 Å². The van der Waals surface area contributed by atoms with Gasteiger partial charge in [0, 0.05) is 49.6 Å². The van der Waals surface area contributed by atoms with E-state index in [0.29, 0.717) is 6.54 Å². The van der Waals surface area contributed by atoms with Crippen LogP contribution >= 0.6 is 0 Å². The molecule has 5 heteroatoms. The number of nitrogens with one attached hydrogen (secondary N) is 2. The van der Waals surface area contributed by atoms with E-state index in [2.05, 4.69) is 23.6 Å². The van der Waals surface area contributed by atoms with Crippen LogP contribution in [0.25, 0.3) is 0 Å². The zero-order chi connectivity index (χ0) is 14.8. The lowest BCUT2D eigenvalue weighted by atomic mass is 10.0. The van der Waals surface area contributed by atoms with Gasteiger partial charge in [0.25, 0.3) is 0 Å². The van der Waals surface area contributed by atoms with Crippen LogP contribution in [0.3, 0.4) is 0 Å². The van der Waals surface area contributed by atoms with Crippen molar-refractivity contribution < 1.29 is 14.6 Å². The van der Waals surface area contributed by atoms with Crippen LogP contribution in [0.1, 0.15) is 18.1 Å². The second-order valence-electron chi connectivity index (χ2n) is 6.02. The van der Waals surface area contributed by atoms with Gasteiger partial charge >= 0.3 is 0 Å². The number of aliphatic hydroxyl groups excluding tert-OH is 1. The van der Waals surface area contributed by atoms with E-state index in [9.17, 15) is 5.11 Å². The predicted molar refractivity (Wildman–Crippen MR) is 80.9 cm³/mol. The highest BCUT2D eigenvalue weighted by molar-refractivity contribution is 5.49. The summed E-state index contributed by atoms with van der Waals surface area (Å²) in [6, 6.07) is 4.10. The van der Waals surface area contributed by atoms with E-state index in [1.165, 1.54) is 5.56 Å². The molecule has 0 bridgehead atoms. The van der Waals surface area contributed by atoms with Crippen molar-refractivity contribution in [1.82, 2.24) is 10.6 Å². The number of methoxy groups -OCH3 is 1. The molecular weight excluding hydrogens is 268 g/mol. The Morgan fingerprint density at radius 2 is 2.29 bits per heavy atom. The molecule has 0 radical (unpaired) electrons. The Balaban J connectivity index is 1.66. The van der Waals surface area contributed by atoms with Gasteiger partial charge in [0.05, 0.1) is 13.2 Å². The number of benzene rings is 1. The summed E-state index contributed by atoms with van der Waals surface area (Å²) >= 11 is 0. The average molecular weight is 292 g/mol. The van der Waals surface area contributed by atoms with Crippen LogP contribution in [0, 0.1) is 5.92 Å². The molecular formula is C16H24N2O3. The van der Waals surface area contributed by atoms with Crippen molar-refractivity contribution in [1.29, 1.82) is 0 Å². The van der Waals surface area contributed by atoms with E-state index < -0.39 is 0 Å². The number of aliphatic hydroxyl groups is 1. The molecule has 0 saturated carbocycles. The molecule has 1 aromatic rings. The van der Waals surface area contributed by atoms with Gasteiger partial charge in [-0.2, -0.15) is 0 Å². The molecule has 3 unspecified atom stereocenters. The molecule has 2 heterocycles. The molecule has 1 aromatic carbocycles. The van der Waals surface area contributed by atoms with Crippen molar-refractivity contribution in [3.8, 4) is 11.5 Å². The Hall–Kier alpha value is -1.30. The molecule has 3 rings (SSSR count). The van der Waals surface area contributed by atoms with E-state index in [-0.39, 0.29) is 18.1 Å². The molecule has 3 atom stereocenters. The lowest BCUT2D eigenvalue weighted by molar-refractivity contribution is 0.146. The first-order valence-electron chi connectivity index (χ1n) is 7.63. The normalized spacial score (nSPS) is 27.5. The van der Waals surface area contributed by atoms with Gasteiger partial charge in [-0.3, -0.25) is 0 Å². The second-order valence-corrected chi connectivity index (χ2v) is 6.02. The summed E-state index contributed by atoms with van der Waals surface area (Å²) < 4.78 is 11.3. The van der Waals surface area contributed by atoms with Crippen LogP contribution < -0.4 is 20.1 Å². The number of fused-ring (bicyclic) bond motifs is 1. The Morgan fingerprint density at radius 3 is 3.00 bits per heavy atom. The lowest BCUT2D eigenvalue weighted by Crippen LogP contribution is -2.30. The van der Waals surface area contributed by atoms with Gasteiger partial charge in [-0.15, -0.1) is 0 Å². The molecule has 3 N–H and O–H groups in total. The third kappa shape index (κ3) is 3.15. The highest BCUT2D eigenvalue weighted by Gasteiger charge is 2.26. The zero-order valence-electron chi connectivity index (χ0n) is 12.7. The first-order chi connectivity index (χ1) is 10.2. The summed E-state index contributed by atoms with van der Waals surface area (Å²) in [5.41, 5.74) is 2.36. The number of rotatable bonds is 5. The fraction of sp³-hybridized carbons (Fsp3) is 0.625. The van der Waals surface area contributed by atoms with Gasteiger partial charge in [-0.1, -0.05) is 0 Å². The molecule has 116 valence electrons. The van der Waals surface area contributed by atoms with Gasteiger partial charge in [0.2, 0.25) is 0 Å². The van der Waals surface area contributed by atoms with Crippen LogP contribution in [-0.4, -0.2) is 44.1 Å². The SMILES string of the molecule is COc1cc(CNCC2CNCC2O)c2c(c1)CC(C)O2. The van der Waals surface area contributed by atoms with E-state index >= 15 is 0 Å². The smallest absolute Gasteiger partial charge is 0.127 e. The maximum Gasteiger partial charge on any atom is 0.127 e. The van der Waals surface area contributed by atoms with E-state index in [1.54, 1.807) is 7.11 Å². The fourth-order valence-electron chi connectivity index (χ4n) is 3.15. The predicted octanol–water partition coefficient (Wildman–Crippen LogP) is 0.688. The summed E-state index contributed by atoms with van der Waals surface area (Å²) in [5.74, 6) is 2.16. The third-order valence-electron chi connectivity index (χ3n) is 4.30. The van der Waals surface area contributed by atoms with Gasteiger partial charge in [-0.05, 0) is 19.1 Å². The minimum atomic E-state index is -0.246. The largest absolute Gasteiger partial charge is 0.497 e. The summed E-state index contributed by atoms with van der Waals surface area (Å²) in [4.78, 5) is 0. The van der Waals surface area contributed by atoms with Gasteiger partial charge in [-0.25, -0.2) is 0 Å². The minimum absolute atomic E-state index is 0.228. The molecule has 0 aliphatic carbocycles. The average Bonchev–Trinajstić information content (AvgIpc) is 3.04. The Morgan fingerprint density at radius 1 is 1.43 bits per heavy atom. The van der Waals surface area contributed by atoms with E-state index in [1.807, 2.05) is 6.07 Å². The third-order valence-corrected chi connectivity index (χ3v) is 4.30. The summed E-state index contributed by atoms with van der Waals surface area (Å²) in [5, 5.41) is 16.4. The van der Waals surface area contributed by atoms with Crippen LogP contribution in [0.2, 0.25) is 0 Å². The van der Waals surface area contributed by atoms with Crippen molar-refractivity contribution in [3.05, 3.63) is 23.3 Å². The number of hydrogen-bond donors (Lipinski definition) is 3. The van der Waals surface area contributed by atoms with Crippen LogP contribution in [-0.2, 0) is 13.0 Å². The minimum Gasteiger partial charge on any atom is -0.497 e. The Bertz CT molecular complexity index is 507. The molecule has 21 heavy (non-hydrogen) atoms. The molecule has 2 aliphatic rings. The quantitative estimate of drug-likeness (QED) is 0.745. The number of ether oxygens (including phenoxy) is 2. The molecule has 0 spiro atoms. The maximum absolute atomic E-state index is 9.81. The summed E-state index contributed by atoms with van der Waals surface area (Å²) in [7, 11) is 1.69. The van der Waals surface area contributed by atoms with E-state index in [0.717, 1.165) is 43.1 Å². The monoisotopic (exact) mass is 292 g/mol. The standard InChI is InChI=1S/C16H24N2O3/c1-10-3-11-4-14(20-2)5-12(16(11)21-10)6-17-7-13-8-18-9-15(13)19/h4-5,10,13,15,17-19H,3,6-9H2,1-2H3. The fourth-order valence-corrected chi connectivity index (χ4v) is 3.15. The lowest BCUT2D eigenvalue weighted by Gasteiger charge is -2.16. The maximum atomic E-state index is 9.81. The highest BCUT2D eigenvalue weighted by atomic mass is 16.5. The van der Waals surface area contributed by atoms with Crippen molar-refractivity contribution in [2.24, 2.45) is 5.92 Å². The van der Waals surface area contributed by atoms with Crippen LogP contribution in [0.15, 0.2) is 12.1 Å². The summed E-state index contributed by atoms with van der Waals surface area (Å²) in [6.45, 7) is 5.19. The summed E-state index contributed by atoms with van der Waals surface area (Å²) in [6.07, 6.45) is 0.918. The molecule has 0 aromatic heterocycles. The van der Waals surface area contributed by atoms with Crippen molar-refractivity contribution >= 4 is 0 Å². The second kappa shape index (κ2) is 6.22. The van der Waals surface area contributed by atoms with Crippen molar-refractivity contribution in [3.63, 3.8) is 0 Å². The van der Waals surface area contributed by atoms with Gasteiger partial charge < -0.3 is 25.2 Å². The zero-order valence-corrected chi connectivity index (χ0v) is 12.7. The first kappa shape index (κ1) is 14.6. The van der Waals surface area contributed by atoms with Crippen molar-refractivity contribution in [2.75, 3.05) is 26.7 Å².